The molecule has 6 rings (SSSR count). The van der Waals surface area contributed by atoms with E-state index in [0.29, 0.717) is 0 Å². The van der Waals surface area contributed by atoms with Crippen LogP contribution in [0, 0.1) is 0 Å². The summed E-state index contributed by atoms with van der Waals surface area (Å²) >= 11 is -3.78. The summed E-state index contributed by atoms with van der Waals surface area (Å²) in [5, 5.41) is 5.35. The van der Waals surface area contributed by atoms with Gasteiger partial charge in [-0.25, -0.2) is 0 Å². The second kappa shape index (κ2) is 11.1. The molecule has 2 aliphatic rings. The first-order valence-corrected chi connectivity index (χ1v) is 24.9. The summed E-state index contributed by atoms with van der Waals surface area (Å²) in [5.41, 5.74) is 4.92. The summed E-state index contributed by atoms with van der Waals surface area (Å²) in [4.78, 5) is 0. The van der Waals surface area contributed by atoms with E-state index >= 15 is 0 Å². The molecule has 0 saturated heterocycles. The van der Waals surface area contributed by atoms with E-state index in [1.807, 2.05) is 0 Å². The zero-order chi connectivity index (χ0) is 27.7. The summed E-state index contributed by atoms with van der Waals surface area (Å²) in [6, 6.07) is 39.6. The first-order valence-electron chi connectivity index (χ1n) is 14.0. The molecule has 0 N–H and O–H groups in total. The van der Waals surface area contributed by atoms with Crippen LogP contribution in [0.5, 0.6) is 0 Å². The molecule has 0 aliphatic heterocycles. The number of hydrogen-bond acceptors (Lipinski definition) is 0. The third-order valence-electron chi connectivity index (χ3n) is 8.28. The van der Waals surface area contributed by atoms with Gasteiger partial charge in [0.2, 0.25) is 0 Å². The van der Waals surface area contributed by atoms with E-state index in [4.69, 9.17) is 13.2 Å². The van der Waals surface area contributed by atoms with Gasteiger partial charge < -0.3 is 0 Å². The van der Waals surface area contributed by atoms with Crippen LogP contribution >= 0.6 is 0 Å². The van der Waals surface area contributed by atoms with Gasteiger partial charge in [0, 0.05) is 0 Å². The van der Waals surface area contributed by atoms with E-state index in [2.05, 4.69) is 153 Å². The molecule has 2 aliphatic carbocycles. The van der Waals surface area contributed by atoms with Crippen LogP contribution in [0.25, 0.3) is 28.1 Å². The van der Waals surface area contributed by atoms with Gasteiger partial charge in [-0.1, -0.05) is 0 Å². The van der Waals surface area contributed by atoms with Gasteiger partial charge in [0.25, 0.3) is 0 Å². The summed E-state index contributed by atoms with van der Waals surface area (Å²) in [5.74, 6) is -1.39. The molecular weight excluding hydrogens is 576 g/mol. The Hall–Kier alpha value is -3.58. The van der Waals surface area contributed by atoms with E-state index < -0.39 is 25.4 Å². The number of allylic oxidation sites excluding steroid dienone is 4. The minimum atomic E-state index is -3.78. The Morgan fingerprint density at radius 2 is 1.10 bits per heavy atom. The van der Waals surface area contributed by atoms with Crippen LogP contribution in [0.2, 0.25) is 13.1 Å². The van der Waals surface area contributed by atoms with Gasteiger partial charge in [0.05, 0.1) is 0 Å². The van der Waals surface area contributed by atoms with Gasteiger partial charge in [0.1, 0.15) is 0 Å². The molecule has 0 bridgehead atoms. The number of fused-ring (bicyclic) bond motifs is 2. The van der Waals surface area contributed by atoms with Crippen molar-refractivity contribution in [3.05, 3.63) is 178 Å². The monoisotopic (exact) mass is 608 g/mol. The van der Waals surface area contributed by atoms with E-state index in [0.717, 1.165) is 0 Å². The molecule has 194 valence electrons. The zero-order valence-electron chi connectivity index (χ0n) is 23.3. The molecule has 0 aromatic heterocycles. The zero-order valence-corrected chi connectivity index (χ0v) is 26.9. The van der Waals surface area contributed by atoms with Crippen LogP contribution in [0.15, 0.2) is 146 Å². The summed E-state index contributed by atoms with van der Waals surface area (Å²) in [6.45, 7) is 14.6. The maximum absolute atomic E-state index is 4.74. The Morgan fingerprint density at radius 1 is 0.625 bits per heavy atom. The Labute approximate surface area is 242 Å². The SMILES string of the molecule is C=C1C=c2ccccc2=[C]1[Zr]([C](=CC=Cc1ccccc1)c1ccccc1)([C]1=c2ccccc2=CC1=C)[SiH](C)C. The van der Waals surface area contributed by atoms with Gasteiger partial charge in [-0.3, -0.25) is 0 Å². The summed E-state index contributed by atoms with van der Waals surface area (Å²) in [7, 11) is 0. The number of hydrogen-bond donors (Lipinski definition) is 0. The predicted octanol–water partition coefficient (Wildman–Crippen LogP) is 6.20. The first-order chi connectivity index (χ1) is 19.5. The van der Waals surface area contributed by atoms with Crippen molar-refractivity contribution in [3.63, 3.8) is 0 Å². The van der Waals surface area contributed by atoms with Crippen molar-refractivity contribution in [2.24, 2.45) is 0 Å². The van der Waals surface area contributed by atoms with E-state index in [9.17, 15) is 0 Å². The van der Waals surface area contributed by atoms with Gasteiger partial charge in [0.15, 0.2) is 0 Å². The minimum absolute atomic E-state index is 1.19. The van der Waals surface area contributed by atoms with Crippen LogP contribution < -0.4 is 20.9 Å². The molecule has 0 radical (unpaired) electrons. The molecular formula is C38H34SiZr. The van der Waals surface area contributed by atoms with E-state index in [-0.39, 0.29) is 0 Å². The third-order valence-corrected chi connectivity index (χ3v) is 38.0. The molecule has 0 heterocycles. The second-order valence-corrected chi connectivity index (χ2v) is 34.6. The van der Waals surface area contributed by atoms with Crippen LogP contribution in [0.1, 0.15) is 11.1 Å². The Morgan fingerprint density at radius 3 is 1.62 bits per heavy atom. The fraction of sp³-hybridized carbons (Fsp3) is 0.0526. The van der Waals surface area contributed by atoms with E-state index in [1.165, 1.54) is 53.0 Å². The average Bonchev–Trinajstić information content (AvgIpc) is 3.49. The summed E-state index contributed by atoms with van der Waals surface area (Å²) in [6.07, 6.45) is 11.6. The first kappa shape index (κ1) is 26.6. The van der Waals surface area contributed by atoms with Crippen molar-refractivity contribution in [2.45, 2.75) is 13.1 Å². The molecule has 4 aromatic carbocycles. The summed E-state index contributed by atoms with van der Waals surface area (Å²) < 4.78 is 4.60. The molecule has 0 nitrogen and oxygen atoms in total. The molecule has 4 aromatic rings. The van der Waals surface area contributed by atoms with Crippen LogP contribution in [-0.4, -0.2) is 5.92 Å². The molecule has 0 amide bonds. The van der Waals surface area contributed by atoms with Crippen molar-refractivity contribution in [1.82, 2.24) is 0 Å². The van der Waals surface area contributed by atoms with Gasteiger partial charge >= 0.3 is 244 Å². The number of rotatable bonds is 7. The Kier molecular flexibility index (Phi) is 7.41. The van der Waals surface area contributed by atoms with Crippen LogP contribution in [-0.2, 0) is 19.4 Å². The molecule has 0 unspecified atom stereocenters. The van der Waals surface area contributed by atoms with E-state index in [1.54, 1.807) is 0 Å². The van der Waals surface area contributed by atoms with Crippen LogP contribution in [0.3, 0.4) is 0 Å². The normalized spacial score (nSPS) is 14.9. The molecule has 0 fully saturated rings. The average molecular weight is 610 g/mol. The quantitative estimate of drug-likeness (QED) is 0.173. The fourth-order valence-corrected chi connectivity index (χ4v) is 37.5. The second-order valence-electron chi connectivity index (χ2n) is 10.9. The van der Waals surface area contributed by atoms with Crippen molar-refractivity contribution in [1.29, 1.82) is 0 Å². The molecule has 0 atom stereocenters. The number of benzene rings is 4. The van der Waals surface area contributed by atoms with Crippen molar-refractivity contribution >= 4 is 34.0 Å². The molecule has 0 saturated carbocycles. The molecule has 0 spiro atoms. The predicted molar refractivity (Wildman–Crippen MR) is 174 cm³/mol. The standard InChI is InChI=1S/C16H13.2C10H7.C2H7Si.Zr/c1-3-9-15(10-4-1)13-7-8-14-16-11-5-2-6-12-16;2*1-8-6-9-4-2-3-5-10(9)7-8;1-3-2;/h1-13H;2*2-6H,1H2;3H,1-2H3;. The maximum atomic E-state index is 4.74. The third kappa shape index (κ3) is 4.50. The Balaban J connectivity index is 1.79. The van der Waals surface area contributed by atoms with Crippen molar-refractivity contribution in [3.8, 4) is 0 Å². The molecule has 40 heavy (non-hydrogen) atoms. The topological polar surface area (TPSA) is 0 Å². The van der Waals surface area contributed by atoms with Gasteiger partial charge in [-0.15, -0.1) is 0 Å². The molecule has 2 heteroatoms. The van der Waals surface area contributed by atoms with Crippen LogP contribution in [0.4, 0.5) is 0 Å². The van der Waals surface area contributed by atoms with Gasteiger partial charge in [-0.05, 0) is 0 Å². The fourth-order valence-electron chi connectivity index (χ4n) is 6.67. The Bertz CT molecular complexity index is 1850. The van der Waals surface area contributed by atoms with Crippen molar-refractivity contribution in [2.75, 3.05) is 0 Å². The van der Waals surface area contributed by atoms with Crippen molar-refractivity contribution < 1.29 is 19.4 Å². The van der Waals surface area contributed by atoms with Gasteiger partial charge in [-0.2, -0.15) is 0 Å².